The summed E-state index contributed by atoms with van der Waals surface area (Å²) in [5.41, 5.74) is 13.3. The van der Waals surface area contributed by atoms with Gasteiger partial charge in [-0.2, -0.15) is 0 Å². The number of aromatic carboxylic acids is 2. The van der Waals surface area contributed by atoms with Crippen LogP contribution in [0.15, 0.2) is 53.5 Å². The fourth-order valence-electron chi connectivity index (χ4n) is 3.10. The summed E-state index contributed by atoms with van der Waals surface area (Å²) in [5.74, 6) is -1.84. The number of carbonyl (C=O) groups is 2. The Bertz CT molecular complexity index is 1060. The first-order chi connectivity index (χ1) is 17.6. The molecule has 37 heavy (non-hydrogen) atoms. The summed E-state index contributed by atoms with van der Waals surface area (Å²) in [6, 6.07) is 13.6. The van der Waals surface area contributed by atoms with Crippen LogP contribution < -0.4 is 11.5 Å². The van der Waals surface area contributed by atoms with Crippen molar-refractivity contribution in [3.05, 3.63) is 70.8 Å². The third-order valence-electron chi connectivity index (χ3n) is 5.20. The molecule has 10 nitrogen and oxygen atoms in total. The SMILES string of the molecule is CSC(=N)Cc1cccc(C(=O)O)c1.NCC(O)CN.O=C(O)c1cccc(CC2=NCC(O)CC2)c1. The Morgan fingerprint density at radius 1 is 1.05 bits per heavy atom. The van der Waals surface area contributed by atoms with Crippen molar-refractivity contribution < 1.29 is 30.0 Å². The van der Waals surface area contributed by atoms with Crippen LogP contribution in [0.25, 0.3) is 0 Å². The number of nitrogens with one attached hydrogen (secondary N) is 1. The van der Waals surface area contributed by atoms with Gasteiger partial charge in [0.15, 0.2) is 0 Å². The summed E-state index contributed by atoms with van der Waals surface area (Å²) < 4.78 is 0. The van der Waals surface area contributed by atoms with E-state index in [-0.39, 0.29) is 24.8 Å². The second kappa shape index (κ2) is 17.4. The molecule has 3 rings (SSSR count). The Morgan fingerprint density at radius 3 is 2.03 bits per heavy atom. The lowest BCUT2D eigenvalue weighted by molar-refractivity contribution is 0.0686. The molecule has 0 aromatic heterocycles. The van der Waals surface area contributed by atoms with Gasteiger partial charge >= 0.3 is 11.9 Å². The van der Waals surface area contributed by atoms with Crippen molar-refractivity contribution in [2.24, 2.45) is 16.5 Å². The first-order valence-corrected chi connectivity index (χ1v) is 12.9. The Morgan fingerprint density at radius 2 is 1.59 bits per heavy atom. The normalized spacial score (nSPS) is 14.4. The number of hydrogen-bond donors (Lipinski definition) is 7. The largest absolute Gasteiger partial charge is 0.478 e. The second-order valence-electron chi connectivity index (χ2n) is 8.22. The Labute approximate surface area is 220 Å². The second-order valence-corrected chi connectivity index (χ2v) is 9.12. The van der Waals surface area contributed by atoms with Crippen LogP contribution in [-0.2, 0) is 12.8 Å². The van der Waals surface area contributed by atoms with Crippen LogP contribution in [0.1, 0.15) is 44.7 Å². The maximum Gasteiger partial charge on any atom is 0.335 e. The lowest BCUT2D eigenvalue weighted by atomic mass is 9.99. The number of nitrogens with zero attached hydrogens (tertiary/aromatic N) is 1. The van der Waals surface area contributed by atoms with E-state index in [2.05, 4.69) is 4.99 Å². The number of nitrogens with two attached hydrogens (primary N) is 2. The molecule has 202 valence electrons. The van der Waals surface area contributed by atoms with Gasteiger partial charge in [0.1, 0.15) is 0 Å². The maximum absolute atomic E-state index is 10.8. The Hall–Kier alpha value is -3.09. The van der Waals surface area contributed by atoms with Crippen LogP contribution in [-0.4, -0.2) is 81.2 Å². The topological polar surface area (TPSA) is 203 Å². The third kappa shape index (κ3) is 13.1. The molecule has 2 aromatic rings. The van der Waals surface area contributed by atoms with Crippen LogP contribution in [0.5, 0.6) is 0 Å². The predicted molar refractivity (Wildman–Crippen MR) is 147 cm³/mol. The molecule has 0 aliphatic carbocycles. The number of carboxylic acids is 2. The summed E-state index contributed by atoms with van der Waals surface area (Å²) in [4.78, 5) is 25.8. The summed E-state index contributed by atoms with van der Waals surface area (Å²) in [5, 5.41) is 43.4. The number of rotatable bonds is 8. The van der Waals surface area contributed by atoms with E-state index in [1.165, 1.54) is 11.8 Å². The highest BCUT2D eigenvalue weighted by atomic mass is 32.2. The minimum absolute atomic E-state index is 0.260. The number of aliphatic imine (C=N–C) groups is 1. The van der Waals surface area contributed by atoms with E-state index in [1.54, 1.807) is 36.4 Å². The van der Waals surface area contributed by atoms with Crippen LogP contribution >= 0.6 is 11.8 Å². The van der Waals surface area contributed by atoms with E-state index in [9.17, 15) is 14.7 Å². The molecule has 1 heterocycles. The molecule has 1 aliphatic rings. The van der Waals surface area contributed by atoms with Gasteiger partial charge in [-0.3, -0.25) is 10.4 Å². The average molecular weight is 533 g/mol. The zero-order chi connectivity index (χ0) is 27.8. The Kier molecular flexibility index (Phi) is 15.0. The molecule has 1 atom stereocenters. The van der Waals surface area contributed by atoms with Gasteiger partial charge < -0.3 is 31.9 Å². The van der Waals surface area contributed by atoms with E-state index < -0.39 is 18.0 Å². The molecule has 9 N–H and O–H groups in total. The molecule has 0 fully saturated rings. The van der Waals surface area contributed by atoms with Crippen molar-refractivity contribution in [1.82, 2.24) is 0 Å². The van der Waals surface area contributed by atoms with Gasteiger partial charge in [-0.05, 0) is 54.5 Å². The van der Waals surface area contributed by atoms with E-state index in [1.807, 2.05) is 18.4 Å². The highest BCUT2D eigenvalue weighted by Crippen LogP contribution is 2.13. The van der Waals surface area contributed by atoms with Gasteiger partial charge in [0, 0.05) is 31.6 Å². The molecule has 0 bridgehead atoms. The molecule has 0 saturated heterocycles. The van der Waals surface area contributed by atoms with Crippen molar-refractivity contribution in [2.75, 3.05) is 25.9 Å². The molecule has 0 saturated carbocycles. The standard InChI is InChI=1S/C13H15NO3.C10H11NO2S.C3H10N2O/c15-12-5-4-11(14-8-12)7-9-2-1-3-10(6-9)13(16)17;1-14-9(11)6-7-3-2-4-8(5-7)10(12)13;4-1-3(6)2-5/h1-3,6,12,15H,4-5,7-8H2,(H,16,17);2-5,11H,6H2,1H3,(H,12,13);3,6H,1-2,4-5H2. The lowest BCUT2D eigenvalue weighted by Gasteiger charge is -2.16. The number of benzene rings is 2. The van der Waals surface area contributed by atoms with Crippen LogP contribution in [0.4, 0.5) is 0 Å². The zero-order valence-corrected chi connectivity index (χ0v) is 21.7. The number of aliphatic hydroxyl groups is 2. The molecule has 1 aliphatic heterocycles. The fourth-order valence-corrected chi connectivity index (χ4v) is 3.41. The smallest absolute Gasteiger partial charge is 0.335 e. The minimum Gasteiger partial charge on any atom is -0.478 e. The number of carboxylic acid groups (broad SMARTS) is 2. The number of hydrogen-bond acceptors (Lipinski definition) is 9. The molecular weight excluding hydrogens is 496 g/mol. The summed E-state index contributed by atoms with van der Waals surface area (Å²) in [6.07, 6.45) is 3.73. The number of aliphatic hydroxyl groups excluding tert-OH is 2. The summed E-state index contributed by atoms with van der Waals surface area (Å²) in [7, 11) is 0. The van der Waals surface area contributed by atoms with Crippen LogP contribution in [0.3, 0.4) is 0 Å². The predicted octanol–water partition coefficient (Wildman–Crippen LogP) is 2.06. The third-order valence-corrected chi connectivity index (χ3v) is 5.84. The van der Waals surface area contributed by atoms with Crippen LogP contribution in [0, 0.1) is 5.41 Å². The van der Waals surface area contributed by atoms with Gasteiger partial charge in [-0.25, -0.2) is 9.59 Å². The first kappa shape index (κ1) is 31.9. The maximum atomic E-state index is 10.8. The quantitative estimate of drug-likeness (QED) is 0.196. The number of thioether (sulfide) groups is 1. The van der Waals surface area contributed by atoms with Gasteiger partial charge in [0.2, 0.25) is 0 Å². The van der Waals surface area contributed by atoms with Gasteiger partial charge in [0.05, 0.1) is 34.9 Å². The van der Waals surface area contributed by atoms with E-state index in [4.69, 9.17) is 32.2 Å². The van der Waals surface area contributed by atoms with E-state index >= 15 is 0 Å². The van der Waals surface area contributed by atoms with Crippen molar-refractivity contribution in [1.29, 1.82) is 5.41 Å². The molecule has 1 unspecified atom stereocenters. The van der Waals surface area contributed by atoms with Gasteiger partial charge in [-0.1, -0.05) is 24.3 Å². The average Bonchev–Trinajstić information content (AvgIpc) is 2.90. The Balaban J connectivity index is 0.000000309. The van der Waals surface area contributed by atoms with E-state index in [0.717, 1.165) is 29.7 Å². The molecular formula is C26H36N4O6S. The minimum atomic E-state index is -0.928. The summed E-state index contributed by atoms with van der Waals surface area (Å²) >= 11 is 1.37. The molecule has 2 aromatic carbocycles. The van der Waals surface area contributed by atoms with Crippen molar-refractivity contribution in [3.8, 4) is 0 Å². The monoisotopic (exact) mass is 532 g/mol. The lowest BCUT2D eigenvalue weighted by Crippen LogP contribution is -2.27. The van der Waals surface area contributed by atoms with Crippen molar-refractivity contribution in [3.63, 3.8) is 0 Å². The molecule has 0 amide bonds. The van der Waals surface area contributed by atoms with Gasteiger partial charge in [-0.15, -0.1) is 11.8 Å². The highest BCUT2D eigenvalue weighted by Gasteiger charge is 2.13. The van der Waals surface area contributed by atoms with Crippen molar-refractivity contribution >= 4 is 34.5 Å². The molecule has 0 spiro atoms. The summed E-state index contributed by atoms with van der Waals surface area (Å²) in [6.45, 7) is 0.987. The van der Waals surface area contributed by atoms with E-state index in [0.29, 0.717) is 30.0 Å². The zero-order valence-electron chi connectivity index (χ0n) is 20.8. The highest BCUT2D eigenvalue weighted by molar-refractivity contribution is 8.13. The van der Waals surface area contributed by atoms with Gasteiger partial charge in [0.25, 0.3) is 0 Å². The molecule has 11 heteroatoms. The first-order valence-electron chi connectivity index (χ1n) is 11.6. The van der Waals surface area contributed by atoms with Crippen LogP contribution in [0.2, 0.25) is 0 Å². The molecule has 0 radical (unpaired) electrons. The van der Waals surface area contributed by atoms with Crippen molar-refractivity contribution in [2.45, 2.75) is 37.9 Å². The fraction of sp³-hybridized carbons (Fsp3) is 0.385.